The summed E-state index contributed by atoms with van der Waals surface area (Å²) in [6, 6.07) is 8.78. The minimum atomic E-state index is -0.896. The number of carbonyl (C=O) groups excluding carboxylic acids is 2. The number of rotatable bonds is 5. The predicted octanol–water partition coefficient (Wildman–Crippen LogP) is 2.50. The van der Waals surface area contributed by atoms with Crippen molar-refractivity contribution in [3.8, 4) is 11.7 Å². The third kappa shape index (κ3) is 3.42. The molecule has 2 heterocycles. The van der Waals surface area contributed by atoms with Crippen molar-refractivity contribution in [2.75, 3.05) is 5.32 Å². The topological polar surface area (TPSA) is 107 Å². The second-order valence-corrected chi connectivity index (χ2v) is 5.39. The molecular weight excluding hydrogens is 326 g/mol. The summed E-state index contributed by atoms with van der Waals surface area (Å²) in [6.07, 6.45) is 1.43. The Morgan fingerprint density at radius 1 is 1.20 bits per heavy atom. The van der Waals surface area contributed by atoms with E-state index in [2.05, 4.69) is 10.4 Å². The number of amides is 1. The number of aromatic nitrogens is 2. The van der Waals surface area contributed by atoms with Crippen molar-refractivity contribution in [3.63, 3.8) is 0 Å². The molecule has 25 heavy (non-hydrogen) atoms. The van der Waals surface area contributed by atoms with Gasteiger partial charge in [0.25, 0.3) is 5.89 Å². The molecule has 0 fully saturated rings. The summed E-state index contributed by atoms with van der Waals surface area (Å²) >= 11 is 0. The first-order valence-corrected chi connectivity index (χ1v) is 7.51. The lowest BCUT2D eigenvalue weighted by atomic mass is 10.1. The van der Waals surface area contributed by atoms with E-state index in [1.165, 1.54) is 20.1 Å². The van der Waals surface area contributed by atoms with Crippen molar-refractivity contribution in [2.45, 2.75) is 19.9 Å². The average molecular weight is 341 g/mol. The maximum atomic E-state index is 12.3. The Morgan fingerprint density at radius 3 is 2.52 bits per heavy atom. The Labute approximate surface area is 142 Å². The smallest absolute Gasteiger partial charge is 0.438 e. The van der Waals surface area contributed by atoms with Gasteiger partial charge in [-0.05, 0) is 50.2 Å². The van der Waals surface area contributed by atoms with Gasteiger partial charge < -0.3 is 14.2 Å². The third-order valence-corrected chi connectivity index (χ3v) is 3.61. The summed E-state index contributed by atoms with van der Waals surface area (Å²) in [5, 5.41) is 6.65. The van der Waals surface area contributed by atoms with E-state index in [-0.39, 0.29) is 11.7 Å². The minimum Gasteiger partial charge on any atom is -0.459 e. The number of nitrogens with zero attached hydrogens (tertiary/aromatic N) is 2. The zero-order valence-corrected chi connectivity index (χ0v) is 13.6. The zero-order chi connectivity index (χ0) is 18.0. The van der Waals surface area contributed by atoms with Crippen LogP contribution >= 0.6 is 0 Å². The van der Waals surface area contributed by atoms with E-state index in [0.29, 0.717) is 17.0 Å². The first-order chi connectivity index (χ1) is 12.0. The standard InChI is InChI=1S/C17H15N3O5/c1-10(15(22)18-13-7-5-12(6-8-13)11(2)21)20-17(23)25-16(19-20)14-4-3-9-24-14/h3-10H,1-2H3,(H,18,22)/t10-/m1/s1. The number of anilines is 1. The molecule has 1 aromatic carbocycles. The monoisotopic (exact) mass is 341 g/mol. The van der Waals surface area contributed by atoms with Gasteiger partial charge in [0.1, 0.15) is 6.04 Å². The van der Waals surface area contributed by atoms with Crippen molar-refractivity contribution in [2.24, 2.45) is 0 Å². The van der Waals surface area contributed by atoms with Crippen molar-refractivity contribution >= 4 is 17.4 Å². The number of benzene rings is 1. The number of ketones is 1. The van der Waals surface area contributed by atoms with E-state index in [1.54, 1.807) is 36.4 Å². The van der Waals surface area contributed by atoms with Crippen molar-refractivity contribution in [1.82, 2.24) is 9.78 Å². The Bertz CT molecular complexity index is 951. The molecule has 3 rings (SSSR count). The first-order valence-electron chi connectivity index (χ1n) is 7.51. The van der Waals surface area contributed by atoms with Crippen LogP contribution in [0.4, 0.5) is 5.69 Å². The average Bonchev–Trinajstić information content (AvgIpc) is 3.24. The number of nitrogens with one attached hydrogen (secondary N) is 1. The Hall–Kier alpha value is -3.42. The molecule has 128 valence electrons. The summed E-state index contributed by atoms with van der Waals surface area (Å²) in [6.45, 7) is 2.98. The van der Waals surface area contributed by atoms with Gasteiger partial charge in [-0.2, -0.15) is 4.68 Å². The quantitative estimate of drug-likeness (QED) is 0.714. The molecular formula is C17H15N3O5. The first kappa shape index (κ1) is 16.4. The molecule has 3 aromatic rings. The molecule has 0 unspecified atom stereocenters. The minimum absolute atomic E-state index is 0.000427. The predicted molar refractivity (Wildman–Crippen MR) is 88.3 cm³/mol. The summed E-state index contributed by atoms with van der Waals surface area (Å²) in [4.78, 5) is 35.5. The van der Waals surface area contributed by atoms with E-state index < -0.39 is 17.7 Å². The lowest BCUT2D eigenvalue weighted by molar-refractivity contribution is -0.119. The van der Waals surface area contributed by atoms with Gasteiger partial charge in [0.15, 0.2) is 11.5 Å². The van der Waals surface area contributed by atoms with E-state index in [0.717, 1.165) is 4.68 Å². The van der Waals surface area contributed by atoms with Gasteiger partial charge in [0.2, 0.25) is 5.91 Å². The Morgan fingerprint density at radius 2 is 1.92 bits per heavy atom. The number of hydrogen-bond acceptors (Lipinski definition) is 6. The molecule has 1 amide bonds. The highest BCUT2D eigenvalue weighted by Gasteiger charge is 2.22. The van der Waals surface area contributed by atoms with E-state index in [9.17, 15) is 14.4 Å². The summed E-state index contributed by atoms with van der Waals surface area (Å²) in [5.74, 6) is -0.979. The molecule has 0 spiro atoms. The molecule has 1 atom stereocenters. The number of hydrogen-bond donors (Lipinski definition) is 1. The molecule has 0 saturated heterocycles. The molecule has 0 aliphatic rings. The molecule has 1 N–H and O–H groups in total. The number of Topliss-reactive ketones (excluding diaryl/α,β-unsaturated/α-hetero) is 1. The fourth-order valence-electron chi connectivity index (χ4n) is 2.18. The van der Waals surface area contributed by atoms with Crippen LogP contribution in [0.2, 0.25) is 0 Å². The van der Waals surface area contributed by atoms with Crippen LogP contribution in [-0.4, -0.2) is 21.5 Å². The van der Waals surface area contributed by atoms with Crippen LogP contribution in [0.5, 0.6) is 0 Å². The van der Waals surface area contributed by atoms with E-state index in [1.807, 2.05) is 0 Å². The maximum Gasteiger partial charge on any atom is 0.438 e. The SMILES string of the molecule is CC(=O)c1ccc(NC(=O)[C@@H](C)n2nc(-c3ccco3)oc2=O)cc1. The Kier molecular flexibility index (Phi) is 4.34. The summed E-state index contributed by atoms with van der Waals surface area (Å²) in [5.41, 5.74) is 1.05. The molecule has 0 bridgehead atoms. The van der Waals surface area contributed by atoms with Gasteiger partial charge in [-0.15, -0.1) is 5.10 Å². The highest BCUT2D eigenvalue weighted by Crippen LogP contribution is 2.17. The van der Waals surface area contributed by atoms with Crippen molar-refractivity contribution < 1.29 is 18.4 Å². The molecule has 8 heteroatoms. The largest absolute Gasteiger partial charge is 0.459 e. The van der Waals surface area contributed by atoms with E-state index >= 15 is 0 Å². The molecule has 8 nitrogen and oxygen atoms in total. The van der Waals surface area contributed by atoms with Crippen LogP contribution < -0.4 is 11.1 Å². The molecule has 2 aromatic heterocycles. The second kappa shape index (κ2) is 6.60. The van der Waals surface area contributed by atoms with Gasteiger partial charge in [-0.3, -0.25) is 9.59 Å². The normalized spacial score (nSPS) is 11.9. The van der Waals surface area contributed by atoms with Crippen LogP contribution in [0.25, 0.3) is 11.7 Å². The van der Waals surface area contributed by atoms with Gasteiger partial charge >= 0.3 is 5.76 Å². The van der Waals surface area contributed by atoms with Crippen LogP contribution in [0.1, 0.15) is 30.2 Å². The summed E-state index contributed by atoms with van der Waals surface area (Å²) in [7, 11) is 0. The Balaban J connectivity index is 1.76. The lowest BCUT2D eigenvalue weighted by Crippen LogP contribution is -2.30. The number of carbonyl (C=O) groups is 2. The van der Waals surface area contributed by atoms with E-state index in [4.69, 9.17) is 8.83 Å². The van der Waals surface area contributed by atoms with Crippen LogP contribution in [0.15, 0.2) is 56.3 Å². The van der Waals surface area contributed by atoms with Crippen LogP contribution in [0, 0.1) is 0 Å². The van der Waals surface area contributed by atoms with Gasteiger partial charge in [0, 0.05) is 11.3 Å². The number of furan rings is 1. The van der Waals surface area contributed by atoms with Gasteiger partial charge in [0.05, 0.1) is 6.26 Å². The molecule has 0 aliphatic heterocycles. The lowest BCUT2D eigenvalue weighted by Gasteiger charge is -2.11. The maximum absolute atomic E-state index is 12.3. The van der Waals surface area contributed by atoms with Crippen molar-refractivity contribution in [1.29, 1.82) is 0 Å². The highest BCUT2D eigenvalue weighted by molar-refractivity contribution is 5.96. The molecule has 0 radical (unpaired) electrons. The molecule has 0 saturated carbocycles. The van der Waals surface area contributed by atoms with Gasteiger partial charge in [-0.1, -0.05) is 0 Å². The van der Waals surface area contributed by atoms with Crippen LogP contribution in [-0.2, 0) is 4.79 Å². The zero-order valence-electron chi connectivity index (χ0n) is 13.6. The van der Waals surface area contributed by atoms with Crippen LogP contribution in [0.3, 0.4) is 0 Å². The van der Waals surface area contributed by atoms with Crippen molar-refractivity contribution in [3.05, 3.63) is 58.8 Å². The molecule has 0 aliphatic carbocycles. The van der Waals surface area contributed by atoms with Gasteiger partial charge in [-0.25, -0.2) is 4.79 Å². The fraction of sp³-hybridized carbons (Fsp3) is 0.176. The highest BCUT2D eigenvalue weighted by atomic mass is 16.4. The fourth-order valence-corrected chi connectivity index (χ4v) is 2.18. The summed E-state index contributed by atoms with van der Waals surface area (Å²) < 4.78 is 11.1. The second-order valence-electron chi connectivity index (χ2n) is 5.39. The third-order valence-electron chi connectivity index (χ3n) is 3.61.